The Bertz CT molecular complexity index is 264. The van der Waals surface area contributed by atoms with E-state index in [-0.39, 0.29) is 0 Å². The van der Waals surface area contributed by atoms with Gasteiger partial charge in [-0.3, -0.25) is 9.20 Å². The van der Waals surface area contributed by atoms with Gasteiger partial charge in [0.2, 0.25) is 0 Å². The van der Waals surface area contributed by atoms with E-state index in [1.165, 1.54) is 12.8 Å². The van der Waals surface area contributed by atoms with E-state index in [1.807, 2.05) is 11.8 Å². The van der Waals surface area contributed by atoms with Gasteiger partial charge >= 0.3 is 0 Å². The average Bonchev–Trinajstić information content (AvgIpc) is 2.87. The second-order valence-electron chi connectivity index (χ2n) is 3.84. The molecule has 0 amide bonds. The van der Waals surface area contributed by atoms with Crippen LogP contribution in [0.2, 0.25) is 0 Å². The molecular weight excluding hydrogens is 216 g/mol. The summed E-state index contributed by atoms with van der Waals surface area (Å²) in [6.45, 7) is 1.76. The molecule has 0 aromatic rings. The topological polar surface area (TPSA) is 41.5 Å². The molecule has 1 aliphatic carbocycles. The van der Waals surface area contributed by atoms with Crippen molar-refractivity contribution in [2.45, 2.75) is 18.1 Å². The van der Waals surface area contributed by atoms with Gasteiger partial charge in [0.25, 0.3) is 0 Å². The number of aliphatic imine (C=N–C) groups is 1. The number of hydrogen-bond acceptors (Lipinski definition) is 4. The smallest absolute Gasteiger partial charge is 0.156 e. The Morgan fingerprint density at radius 1 is 1.64 bits per heavy atom. The van der Waals surface area contributed by atoms with Crippen LogP contribution in [-0.2, 0) is 10.8 Å². The van der Waals surface area contributed by atoms with Gasteiger partial charge in [-0.2, -0.15) is 0 Å². The lowest BCUT2D eigenvalue weighted by Gasteiger charge is -2.06. The number of rotatable bonds is 4. The molecule has 2 aliphatic rings. The molecule has 2 rings (SSSR count). The zero-order chi connectivity index (χ0) is 9.97. The summed E-state index contributed by atoms with van der Waals surface area (Å²) in [5, 5.41) is 5.03. The van der Waals surface area contributed by atoms with Gasteiger partial charge in [-0.05, 0) is 18.8 Å². The maximum Gasteiger partial charge on any atom is 0.156 e. The van der Waals surface area contributed by atoms with Crippen molar-refractivity contribution in [3.63, 3.8) is 0 Å². The third-order valence-corrected chi connectivity index (χ3v) is 4.60. The van der Waals surface area contributed by atoms with Crippen molar-refractivity contribution in [3.05, 3.63) is 0 Å². The highest BCUT2D eigenvalue weighted by Gasteiger charge is 2.35. The second kappa shape index (κ2) is 4.66. The summed E-state index contributed by atoms with van der Waals surface area (Å²) in [5.74, 6) is 1.64. The van der Waals surface area contributed by atoms with Crippen molar-refractivity contribution in [1.29, 1.82) is 0 Å². The first kappa shape index (κ1) is 10.5. The van der Waals surface area contributed by atoms with Gasteiger partial charge in [-0.1, -0.05) is 11.8 Å². The Hall–Kier alpha value is -0.0300. The summed E-state index contributed by atoms with van der Waals surface area (Å²) >= 11 is 1.87. The van der Waals surface area contributed by atoms with E-state index in [0.29, 0.717) is 5.75 Å². The fourth-order valence-corrected chi connectivity index (χ4v) is 3.13. The molecule has 5 heteroatoms. The first-order chi connectivity index (χ1) is 6.75. The molecule has 1 N–H and O–H groups in total. The predicted molar refractivity (Wildman–Crippen MR) is 63.3 cm³/mol. The van der Waals surface area contributed by atoms with Crippen molar-refractivity contribution in [2.75, 3.05) is 25.1 Å². The Morgan fingerprint density at radius 2 is 2.43 bits per heavy atom. The van der Waals surface area contributed by atoms with Gasteiger partial charge in [0.1, 0.15) is 0 Å². The molecule has 0 aromatic heterocycles. The molecule has 0 saturated heterocycles. The van der Waals surface area contributed by atoms with Crippen LogP contribution in [0.25, 0.3) is 0 Å². The Morgan fingerprint density at radius 3 is 3.07 bits per heavy atom. The highest BCUT2D eigenvalue weighted by molar-refractivity contribution is 8.14. The van der Waals surface area contributed by atoms with Crippen molar-refractivity contribution >= 4 is 27.7 Å². The van der Waals surface area contributed by atoms with E-state index in [4.69, 9.17) is 0 Å². The second-order valence-corrected chi connectivity index (χ2v) is 6.63. The number of amidine groups is 1. The predicted octanol–water partition coefficient (Wildman–Crippen LogP) is 0.836. The van der Waals surface area contributed by atoms with Gasteiger partial charge in [0.15, 0.2) is 5.17 Å². The quantitative estimate of drug-likeness (QED) is 0.781. The van der Waals surface area contributed by atoms with Gasteiger partial charge < -0.3 is 5.32 Å². The molecule has 0 spiro atoms. The van der Waals surface area contributed by atoms with Crippen LogP contribution in [0.5, 0.6) is 0 Å². The van der Waals surface area contributed by atoms with Gasteiger partial charge in [-0.25, -0.2) is 0 Å². The third-order valence-electron chi connectivity index (χ3n) is 2.49. The minimum atomic E-state index is -0.698. The molecule has 0 aromatic carbocycles. The molecule has 1 fully saturated rings. The molecule has 1 heterocycles. The summed E-state index contributed by atoms with van der Waals surface area (Å²) in [6.07, 6.45) is 4.51. The van der Waals surface area contributed by atoms with Crippen LogP contribution in [0.3, 0.4) is 0 Å². The minimum absolute atomic E-state index is 0.698. The zero-order valence-corrected chi connectivity index (χ0v) is 10.00. The van der Waals surface area contributed by atoms with E-state index in [1.54, 1.807) is 6.26 Å². The third kappa shape index (κ3) is 2.98. The summed E-state index contributed by atoms with van der Waals surface area (Å²) in [4.78, 5) is 4.44. The van der Waals surface area contributed by atoms with E-state index in [2.05, 4.69) is 10.3 Å². The van der Waals surface area contributed by atoms with Crippen molar-refractivity contribution in [3.8, 4) is 0 Å². The standard InChI is InChI=1S/C9H16N2OS2/c1-14(12)5-4-10-9-11-6-8(13-9)7-2-3-7/h7-8H,2-6H2,1H3,(H,10,11). The van der Waals surface area contributed by atoms with Gasteiger partial charge in [0, 0.05) is 34.6 Å². The van der Waals surface area contributed by atoms with Crippen molar-refractivity contribution in [1.82, 2.24) is 5.32 Å². The van der Waals surface area contributed by atoms with Crippen LogP contribution in [0.4, 0.5) is 0 Å². The highest BCUT2D eigenvalue weighted by Crippen LogP contribution is 2.41. The number of nitrogens with zero attached hydrogens (tertiary/aromatic N) is 1. The number of nitrogens with one attached hydrogen (secondary N) is 1. The van der Waals surface area contributed by atoms with E-state index in [0.717, 1.165) is 29.4 Å². The summed E-state index contributed by atoms with van der Waals surface area (Å²) < 4.78 is 10.8. The lowest BCUT2D eigenvalue weighted by molar-refractivity contribution is 0.685. The lowest BCUT2D eigenvalue weighted by atomic mass is 10.3. The summed E-state index contributed by atoms with van der Waals surface area (Å²) in [6, 6.07) is 0. The highest BCUT2D eigenvalue weighted by atomic mass is 32.2. The SMILES string of the molecule is CS(=O)CCNC1=NCC(C2CC2)S1. The largest absolute Gasteiger partial charge is 0.364 e. The Kier molecular flexibility index (Phi) is 3.49. The van der Waals surface area contributed by atoms with Crippen LogP contribution in [0.1, 0.15) is 12.8 Å². The summed E-state index contributed by atoms with van der Waals surface area (Å²) in [7, 11) is -0.698. The normalized spacial score (nSPS) is 28.6. The maximum absolute atomic E-state index is 10.8. The Labute approximate surface area is 91.6 Å². The fourth-order valence-electron chi connectivity index (χ4n) is 1.50. The molecule has 0 bridgehead atoms. The van der Waals surface area contributed by atoms with Crippen molar-refractivity contribution < 1.29 is 4.21 Å². The average molecular weight is 232 g/mol. The maximum atomic E-state index is 10.8. The minimum Gasteiger partial charge on any atom is -0.364 e. The lowest BCUT2D eigenvalue weighted by Crippen LogP contribution is -2.24. The molecular formula is C9H16N2OS2. The molecule has 3 nitrogen and oxygen atoms in total. The molecule has 2 unspecified atom stereocenters. The van der Waals surface area contributed by atoms with Crippen LogP contribution >= 0.6 is 11.8 Å². The molecule has 2 atom stereocenters. The summed E-state index contributed by atoms with van der Waals surface area (Å²) in [5.41, 5.74) is 0. The van der Waals surface area contributed by atoms with E-state index in [9.17, 15) is 4.21 Å². The molecule has 0 radical (unpaired) electrons. The van der Waals surface area contributed by atoms with Crippen LogP contribution in [0.15, 0.2) is 4.99 Å². The fraction of sp³-hybridized carbons (Fsp3) is 0.889. The zero-order valence-electron chi connectivity index (χ0n) is 8.36. The van der Waals surface area contributed by atoms with Gasteiger partial charge in [-0.15, -0.1) is 0 Å². The molecule has 1 aliphatic heterocycles. The Balaban J connectivity index is 1.64. The first-order valence-corrected chi connectivity index (χ1v) is 7.61. The first-order valence-electron chi connectivity index (χ1n) is 5.00. The van der Waals surface area contributed by atoms with Gasteiger partial charge in [0.05, 0.1) is 6.54 Å². The van der Waals surface area contributed by atoms with Crippen LogP contribution in [0, 0.1) is 5.92 Å². The van der Waals surface area contributed by atoms with Crippen molar-refractivity contribution in [2.24, 2.45) is 10.9 Å². The van der Waals surface area contributed by atoms with E-state index >= 15 is 0 Å². The molecule has 14 heavy (non-hydrogen) atoms. The molecule has 1 saturated carbocycles. The van der Waals surface area contributed by atoms with Crippen LogP contribution in [-0.4, -0.2) is 39.7 Å². The number of thioether (sulfide) groups is 1. The number of hydrogen-bond donors (Lipinski definition) is 1. The van der Waals surface area contributed by atoms with Crippen LogP contribution < -0.4 is 5.32 Å². The molecule has 80 valence electrons. The monoisotopic (exact) mass is 232 g/mol. The van der Waals surface area contributed by atoms with E-state index < -0.39 is 10.8 Å².